The Kier molecular flexibility index (Phi) is 4.98. The van der Waals surface area contributed by atoms with E-state index in [0.717, 1.165) is 31.1 Å². The van der Waals surface area contributed by atoms with Crippen LogP contribution in [0.5, 0.6) is 11.5 Å². The van der Waals surface area contributed by atoms with Crippen LogP contribution >= 0.6 is 0 Å². The van der Waals surface area contributed by atoms with E-state index in [1.807, 2.05) is 24.3 Å². The van der Waals surface area contributed by atoms with Crippen LogP contribution in [-0.2, 0) is 0 Å². The molecule has 1 aromatic rings. The van der Waals surface area contributed by atoms with E-state index < -0.39 is 0 Å². The maximum atomic E-state index is 5.59. The van der Waals surface area contributed by atoms with Crippen LogP contribution in [0.2, 0.25) is 0 Å². The minimum absolute atomic E-state index is 0.741. The van der Waals surface area contributed by atoms with Crippen molar-refractivity contribution in [3.05, 3.63) is 24.3 Å². The Hall–Kier alpha value is -1.22. The molecule has 0 amide bonds. The quantitative estimate of drug-likeness (QED) is 0.669. The van der Waals surface area contributed by atoms with Crippen LogP contribution in [0.3, 0.4) is 0 Å². The molecule has 0 unspecified atom stereocenters. The Morgan fingerprint density at radius 3 is 2.60 bits per heavy atom. The summed E-state index contributed by atoms with van der Waals surface area (Å²) in [5.74, 6) is 1.70. The van der Waals surface area contributed by atoms with Crippen molar-refractivity contribution in [3.8, 4) is 11.5 Å². The lowest BCUT2D eigenvalue weighted by Gasteiger charge is -2.10. The molecule has 0 aromatic heterocycles. The van der Waals surface area contributed by atoms with Crippen molar-refractivity contribution in [3.63, 3.8) is 0 Å². The van der Waals surface area contributed by atoms with Crippen LogP contribution < -0.4 is 9.47 Å². The minimum Gasteiger partial charge on any atom is -0.497 e. The molecule has 0 atom stereocenters. The van der Waals surface area contributed by atoms with Crippen LogP contribution in [0.25, 0.3) is 0 Å². The normalized spacial score (nSPS) is 10.4. The fraction of sp³-hybridized carbons (Fsp3) is 0.500. The standard InChI is InChI=1S/C12H19NO2/c1-13(2)8-5-9-15-12-7-4-6-11(10-12)14-3/h4,6-7,10H,5,8-9H2,1-3H3. The van der Waals surface area contributed by atoms with E-state index in [1.54, 1.807) is 7.11 Å². The topological polar surface area (TPSA) is 21.7 Å². The second kappa shape index (κ2) is 6.30. The molecule has 0 heterocycles. The summed E-state index contributed by atoms with van der Waals surface area (Å²) >= 11 is 0. The molecule has 1 aromatic carbocycles. The highest BCUT2D eigenvalue weighted by Gasteiger charge is 1.96. The van der Waals surface area contributed by atoms with Crippen molar-refractivity contribution >= 4 is 0 Å². The molecular formula is C12H19NO2. The summed E-state index contributed by atoms with van der Waals surface area (Å²) in [4.78, 5) is 2.15. The van der Waals surface area contributed by atoms with Crippen LogP contribution in [0.15, 0.2) is 24.3 Å². The SMILES string of the molecule is COc1cccc(OCCCN(C)C)c1. The van der Waals surface area contributed by atoms with Crippen molar-refractivity contribution in [1.82, 2.24) is 4.90 Å². The van der Waals surface area contributed by atoms with Gasteiger partial charge in [-0.25, -0.2) is 0 Å². The van der Waals surface area contributed by atoms with E-state index in [9.17, 15) is 0 Å². The summed E-state index contributed by atoms with van der Waals surface area (Å²) in [6, 6.07) is 7.68. The number of benzene rings is 1. The number of rotatable bonds is 6. The van der Waals surface area contributed by atoms with Gasteiger partial charge in [-0.2, -0.15) is 0 Å². The number of ether oxygens (including phenoxy) is 2. The molecule has 0 aliphatic rings. The Morgan fingerprint density at radius 2 is 1.93 bits per heavy atom. The van der Waals surface area contributed by atoms with E-state index in [4.69, 9.17) is 9.47 Å². The number of nitrogens with zero attached hydrogens (tertiary/aromatic N) is 1. The molecule has 0 bridgehead atoms. The third kappa shape index (κ3) is 4.70. The van der Waals surface area contributed by atoms with Gasteiger partial charge in [-0.05, 0) is 32.6 Å². The van der Waals surface area contributed by atoms with Gasteiger partial charge in [0.05, 0.1) is 13.7 Å². The average Bonchev–Trinajstić information content (AvgIpc) is 2.24. The van der Waals surface area contributed by atoms with Crippen molar-refractivity contribution in [1.29, 1.82) is 0 Å². The van der Waals surface area contributed by atoms with Gasteiger partial charge in [0.25, 0.3) is 0 Å². The molecule has 3 heteroatoms. The lowest BCUT2D eigenvalue weighted by atomic mass is 10.3. The first-order valence-corrected chi connectivity index (χ1v) is 5.14. The Labute approximate surface area is 91.6 Å². The van der Waals surface area contributed by atoms with Gasteiger partial charge in [0, 0.05) is 12.6 Å². The third-order valence-electron chi connectivity index (χ3n) is 2.06. The molecule has 84 valence electrons. The summed E-state index contributed by atoms with van der Waals surface area (Å²) in [6.07, 6.45) is 1.03. The molecule has 0 aliphatic carbocycles. The monoisotopic (exact) mass is 209 g/mol. The molecular weight excluding hydrogens is 190 g/mol. The lowest BCUT2D eigenvalue weighted by Crippen LogP contribution is -2.15. The smallest absolute Gasteiger partial charge is 0.122 e. The van der Waals surface area contributed by atoms with Crippen molar-refractivity contribution in [2.45, 2.75) is 6.42 Å². The number of methoxy groups -OCH3 is 1. The summed E-state index contributed by atoms with van der Waals surface area (Å²) in [7, 11) is 5.78. The maximum absolute atomic E-state index is 5.59. The Balaban J connectivity index is 2.30. The molecule has 0 fully saturated rings. The van der Waals surface area contributed by atoms with Gasteiger partial charge in [0.2, 0.25) is 0 Å². The third-order valence-corrected chi connectivity index (χ3v) is 2.06. The van der Waals surface area contributed by atoms with E-state index in [-0.39, 0.29) is 0 Å². The molecule has 0 saturated heterocycles. The summed E-state index contributed by atoms with van der Waals surface area (Å²) in [5.41, 5.74) is 0. The van der Waals surface area contributed by atoms with Gasteiger partial charge in [0.15, 0.2) is 0 Å². The highest BCUT2D eigenvalue weighted by molar-refractivity contribution is 5.32. The van der Waals surface area contributed by atoms with Crippen molar-refractivity contribution in [2.24, 2.45) is 0 Å². The predicted molar refractivity (Wildman–Crippen MR) is 61.7 cm³/mol. The van der Waals surface area contributed by atoms with Gasteiger partial charge >= 0.3 is 0 Å². The molecule has 0 aliphatic heterocycles. The summed E-state index contributed by atoms with van der Waals surface area (Å²) in [6.45, 7) is 1.79. The Morgan fingerprint density at radius 1 is 1.20 bits per heavy atom. The fourth-order valence-corrected chi connectivity index (χ4v) is 1.26. The molecule has 1 rings (SSSR count). The van der Waals surface area contributed by atoms with E-state index >= 15 is 0 Å². The number of hydrogen-bond donors (Lipinski definition) is 0. The Bertz CT molecular complexity index is 287. The predicted octanol–water partition coefficient (Wildman–Crippen LogP) is 2.03. The van der Waals surface area contributed by atoms with Gasteiger partial charge in [-0.1, -0.05) is 6.07 Å². The first-order chi connectivity index (χ1) is 7.22. The highest BCUT2D eigenvalue weighted by Crippen LogP contribution is 2.18. The second-order valence-corrected chi connectivity index (χ2v) is 3.68. The maximum Gasteiger partial charge on any atom is 0.122 e. The molecule has 0 saturated carbocycles. The van der Waals surface area contributed by atoms with Gasteiger partial charge in [-0.3, -0.25) is 0 Å². The zero-order valence-corrected chi connectivity index (χ0v) is 9.69. The van der Waals surface area contributed by atoms with E-state index in [0.29, 0.717) is 0 Å². The van der Waals surface area contributed by atoms with E-state index in [2.05, 4.69) is 19.0 Å². The van der Waals surface area contributed by atoms with Crippen LogP contribution in [-0.4, -0.2) is 39.3 Å². The molecule has 0 N–H and O–H groups in total. The highest BCUT2D eigenvalue weighted by atomic mass is 16.5. The minimum atomic E-state index is 0.741. The van der Waals surface area contributed by atoms with E-state index in [1.165, 1.54) is 0 Å². The molecule has 0 radical (unpaired) electrons. The largest absolute Gasteiger partial charge is 0.497 e. The zero-order valence-electron chi connectivity index (χ0n) is 9.69. The number of hydrogen-bond acceptors (Lipinski definition) is 3. The summed E-state index contributed by atoms with van der Waals surface area (Å²) < 4.78 is 10.7. The van der Waals surface area contributed by atoms with Crippen LogP contribution in [0, 0.1) is 0 Å². The van der Waals surface area contributed by atoms with Crippen molar-refractivity contribution < 1.29 is 9.47 Å². The van der Waals surface area contributed by atoms with Gasteiger partial charge < -0.3 is 14.4 Å². The van der Waals surface area contributed by atoms with Crippen molar-refractivity contribution in [2.75, 3.05) is 34.4 Å². The molecule has 3 nitrogen and oxygen atoms in total. The van der Waals surface area contributed by atoms with Crippen LogP contribution in [0.4, 0.5) is 0 Å². The van der Waals surface area contributed by atoms with Gasteiger partial charge in [-0.15, -0.1) is 0 Å². The molecule has 15 heavy (non-hydrogen) atoms. The van der Waals surface area contributed by atoms with Crippen LogP contribution in [0.1, 0.15) is 6.42 Å². The average molecular weight is 209 g/mol. The zero-order chi connectivity index (χ0) is 11.1. The summed E-state index contributed by atoms with van der Waals surface area (Å²) in [5, 5.41) is 0. The fourth-order valence-electron chi connectivity index (χ4n) is 1.26. The van der Waals surface area contributed by atoms with Gasteiger partial charge in [0.1, 0.15) is 11.5 Å². The second-order valence-electron chi connectivity index (χ2n) is 3.68. The first kappa shape index (κ1) is 11.9. The molecule has 0 spiro atoms. The first-order valence-electron chi connectivity index (χ1n) is 5.14. The lowest BCUT2D eigenvalue weighted by molar-refractivity contribution is 0.280.